The van der Waals surface area contributed by atoms with Gasteiger partial charge in [-0.2, -0.15) is 10.2 Å². The molecule has 22 heavy (non-hydrogen) atoms. The standard InChI is InChI=1S/C16H15ClN4O/c1-20-6-10(5-18-20)21-15-3-11(14(17)2-9(15)4-19-21)16-12-7-22-8-13(12)16/h2-6,12-13,16H,7-8H2,1H3. The monoisotopic (exact) mass is 314 g/mol. The Morgan fingerprint density at radius 1 is 1.18 bits per heavy atom. The van der Waals surface area contributed by atoms with Gasteiger partial charge in [-0.3, -0.25) is 4.68 Å². The maximum Gasteiger partial charge on any atom is 0.103 e. The second-order valence-electron chi connectivity index (χ2n) is 6.25. The van der Waals surface area contributed by atoms with Crippen LogP contribution in [0.2, 0.25) is 5.02 Å². The number of fused-ring (bicyclic) bond motifs is 2. The van der Waals surface area contributed by atoms with Crippen molar-refractivity contribution in [2.24, 2.45) is 18.9 Å². The zero-order valence-electron chi connectivity index (χ0n) is 12.1. The van der Waals surface area contributed by atoms with Gasteiger partial charge >= 0.3 is 0 Å². The van der Waals surface area contributed by atoms with Crippen LogP contribution in [0.1, 0.15) is 11.5 Å². The molecule has 1 aliphatic heterocycles. The third-order valence-corrected chi connectivity index (χ3v) is 5.26. The van der Waals surface area contributed by atoms with Crippen molar-refractivity contribution in [2.75, 3.05) is 13.2 Å². The molecule has 0 spiro atoms. The van der Waals surface area contributed by atoms with Crippen molar-refractivity contribution in [3.05, 3.63) is 41.3 Å². The van der Waals surface area contributed by atoms with Crippen LogP contribution in [0.25, 0.3) is 16.6 Å². The molecule has 0 bridgehead atoms. The summed E-state index contributed by atoms with van der Waals surface area (Å²) in [5.41, 5.74) is 3.28. The molecule has 3 heterocycles. The van der Waals surface area contributed by atoms with Crippen molar-refractivity contribution in [2.45, 2.75) is 5.92 Å². The molecule has 0 N–H and O–H groups in total. The van der Waals surface area contributed by atoms with Crippen LogP contribution >= 0.6 is 11.6 Å². The largest absolute Gasteiger partial charge is 0.381 e. The molecule has 1 saturated heterocycles. The van der Waals surface area contributed by atoms with Gasteiger partial charge in [0.15, 0.2) is 0 Å². The second kappa shape index (κ2) is 4.33. The van der Waals surface area contributed by atoms with Crippen molar-refractivity contribution in [3.63, 3.8) is 0 Å². The Bertz CT molecular complexity index is 874. The van der Waals surface area contributed by atoms with Gasteiger partial charge in [0.05, 0.1) is 37.3 Å². The molecule has 5 nitrogen and oxygen atoms in total. The maximum atomic E-state index is 6.51. The van der Waals surface area contributed by atoms with Crippen LogP contribution in [0.4, 0.5) is 0 Å². The van der Waals surface area contributed by atoms with Gasteiger partial charge in [-0.25, -0.2) is 4.68 Å². The van der Waals surface area contributed by atoms with E-state index < -0.39 is 0 Å². The highest BCUT2D eigenvalue weighted by molar-refractivity contribution is 6.32. The van der Waals surface area contributed by atoms with Crippen LogP contribution in [0.15, 0.2) is 30.7 Å². The highest BCUT2D eigenvalue weighted by Gasteiger charge is 2.55. The number of hydrogen-bond acceptors (Lipinski definition) is 3. The molecule has 2 atom stereocenters. The third-order valence-electron chi connectivity index (χ3n) is 4.93. The molecule has 1 aromatic carbocycles. The minimum absolute atomic E-state index is 0.544. The smallest absolute Gasteiger partial charge is 0.103 e. The van der Waals surface area contributed by atoms with E-state index in [1.165, 1.54) is 5.56 Å². The summed E-state index contributed by atoms with van der Waals surface area (Å²) in [6, 6.07) is 4.22. The van der Waals surface area contributed by atoms with E-state index in [1.807, 2.05) is 36.4 Å². The number of rotatable bonds is 2. The average molecular weight is 315 g/mol. The summed E-state index contributed by atoms with van der Waals surface area (Å²) >= 11 is 6.51. The lowest BCUT2D eigenvalue weighted by Gasteiger charge is -2.08. The van der Waals surface area contributed by atoms with Crippen molar-refractivity contribution < 1.29 is 4.74 Å². The lowest BCUT2D eigenvalue weighted by Crippen LogP contribution is -1.99. The Kier molecular flexibility index (Phi) is 2.50. The van der Waals surface area contributed by atoms with Crippen molar-refractivity contribution >= 4 is 22.5 Å². The fourth-order valence-electron chi connectivity index (χ4n) is 3.74. The van der Waals surface area contributed by atoms with Crippen LogP contribution in [0.5, 0.6) is 0 Å². The predicted molar refractivity (Wildman–Crippen MR) is 83.4 cm³/mol. The lowest BCUT2D eigenvalue weighted by molar-refractivity contribution is 0.160. The van der Waals surface area contributed by atoms with E-state index in [-0.39, 0.29) is 0 Å². The summed E-state index contributed by atoms with van der Waals surface area (Å²) in [5, 5.41) is 10.6. The molecule has 0 radical (unpaired) electrons. The molecule has 6 heteroatoms. The number of nitrogens with zero attached hydrogens (tertiary/aromatic N) is 4. The Labute approximate surface area is 132 Å². The minimum atomic E-state index is 0.544. The van der Waals surface area contributed by atoms with Crippen LogP contribution in [-0.4, -0.2) is 32.8 Å². The quantitative estimate of drug-likeness (QED) is 0.730. The Morgan fingerprint density at radius 3 is 2.73 bits per heavy atom. The highest BCUT2D eigenvalue weighted by Crippen LogP contribution is 2.59. The summed E-state index contributed by atoms with van der Waals surface area (Å²) in [7, 11) is 1.91. The molecule has 0 amide bonds. The first-order valence-electron chi connectivity index (χ1n) is 7.46. The topological polar surface area (TPSA) is 44.9 Å². The fraction of sp³-hybridized carbons (Fsp3) is 0.375. The van der Waals surface area contributed by atoms with E-state index in [4.69, 9.17) is 16.3 Å². The summed E-state index contributed by atoms with van der Waals surface area (Å²) in [6.45, 7) is 1.73. The number of halogens is 1. The second-order valence-corrected chi connectivity index (χ2v) is 6.66. The fourth-order valence-corrected chi connectivity index (χ4v) is 4.04. The normalized spacial score (nSPS) is 26.5. The van der Waals surface area contributed by atoms with E-state index in [2.05, 4.69) is 16.3 Å². The first-order valence-corrected chi connectivity index (χ1v) is 7.84. The summed E-state index contributed by atoms with van der Waals surface area (Å²) < 4.78 is 9.20. The minimum Gasteiger partial charge on any atom is -0.381 e. The van der Waals surface area contributed by atoms with Crippen LogP contribution in [-0.2, 0) is 11.8 Å². The van der Waals surface area contributed by atoms with Crippen LogP contribution < -0.4 is 0 Å². The van der Waals surface area contributed by atoms with Gasteiger partial charge in [0.25, 0.3) is 0 Å². The number of ether oxygens (including phenoxy) is 1. The Morgan fingerprint density at radius 2 is 2.00 bits per heavy atom. The molecule has 1 aliphatic carbocycles. The number of hydrogen-bond donors (Lipinski definition) is 0. The van der Waals surface area contributed by atoms with E-state index in [0.717, 1.165) is 34.8 Å². The molecular formula is C16H15ClN4O. The molecule has 1 saturated carbocycles. The molecule has 2 unspecified atom stereocenters. The molecule has 2 aliphatic rings. The van der Waals surface area contributed by atoms with E-state index in [9.17, 15) is 0 Å². The molecule has 112 valence electrons. The predicted octanol–water partition coefficient (Wildman–Crippen LogP) is 2.77. The van der Waals surface area contributed by atoms with Crippen molar-refractivity contribution in [3.8, 4) is 5.69 Å². The van der Waals surface area contributed by atoms with Gasteiger partial charge in [-0.15, -0.1) is 0 Å². The van der Waals surface area contributed by atoms with Crippen molar-refractivity contribution in [1.82, 2.24) is 19.6 Å². The molecule has 2 fully saturated rings. The zero-order chi connectivity index (χ0) is 14.8. The summed E-state index contributed by atoms with van der Waals surface area (Å²) in [4.78, 5) is 0. The van der Waals surface area contributed by atoms with E-state index >= 15 is 0 Å². The third kappa shape index (κ3) is 1.69. The number of aryl methyl sites for hydroxylation is 1. The van der Waals surface area contributed by atoms with Crippen LogP contribution in [0.3, 0.4) is 0 Å². The SMILES string of the molecule is Cn1cc(-n2ncc3cc(Cl)c(C4C5COCC54)cc32)cn1. The average Bonchev–Trinajstić information content (AvgIpc) is 2.96. The first kappa shape index (κ1) is 12.7. The van der Waals surface area contributed by atoms with Crippen molar-refractivity contribution in [1.29, 1.82) is 0 Å². The molecule has 2 aromatic heterocycles. The first-order chi connectivity index (χ1) is 10.7. The van der Waals surface area contributed by atoms with Gasteiger partial charge in [0.1, 0.15) is 5.69 Å². The number of benzene rings is 1. The van der Waals surface area contributed by atoms with Gasteiger partial charge in [0.2, 0.25) is 0 Å². The van der Waals surface area contributed by atoms with Gasteiger partial charge in [-0.05, 0) is 35.4 Å². The number of aromatic nitrogens is 4. The van der Waals surface area contributed by atoms with Crippen LogP contribution in [0, 0.1) is 11.8 Å². The highest BCUT2D eigenvalue weighted by atomic mass is 35.5. The molecule has 3 aromatic rings. The summed E-state index contributed by atoms with van der Waals surface area (Å²) in [6.07, 6.45) is 5.63. The van der Waals surface area contributed by atoms with Gasteiger partial charge in [0, 0.05) is 17.5 Å². The zero-order valence-corrected chi connectivity index (χ0v) is 12.9. The van der Waals surface area contributed by atoms with E-state index in [0.29, 0.717) is 17.8 Å². The van der Waals surface area contributed by atoms with Gasteiger partial charge < -0.3 is 4.74 Å². The lowest BCUT2D eigenvalue weighted by atomic mass is 10.1. The Hall–Kier alpha value is -1.85. The Balaban J connectivity index is 1.65. The van der Waals surface area contributed by atoms with E-state index in [1.54, 1.807) is 4.68 Å². The molecular weight excluding hydrogens is 300 g/mol. The molecule has 5 rings (SSSR count). The maximum absolute atomic E-state index is 6.51. The van der Waals surface area contributed by atoms with Gasteiger partial charge in [-0.1, -0.05) is 11.6 Å². The summed E-state index contributed by atoms with van der Waals surface area (Å²) in [5.74, 6) is 1.83.